The topological polar surface area (TPSA) is 67.4 Å². The largest absolute Gasteiger partial charge is 0.496 e. The molecule has 1 aromatic rings. The Bertz CT molecular complexity index is 628. The molecule has 20 heavy (non-hydrogen) atoms. The molecule has 0 spiro atoms. The van der Waals surface area contributed by atoms with Crippen LogP contribution in [0.5, 0.6) is 5.75 Å². The van der Waals surface area contributed by atoms with Crippen LogP contribution in [0.25, 0.3) is 6.08 Å². The van der Waals surface area contributed by atoms with Crippen LogP contribution in [0.2, 0.25) is 0 Å². The van der Waals surface area contributed by atoms with Gasteiger partial charge in [-0.1, -0.05) is 11.6 Å². The normalized spacial score (nSPS) is 14.8. The number of hydrogen-bond donors (Lipinski definition) is 2. The summed E-state index contributed by atoms with van der Waals surface area (Å²) >= 11 is 4.75. The number of benzene rings is 1. The van der Waals surface area contributed by atoms with Crippen LogP contribution in [0.3, 0.4) is 0 Å². The van der Waals surface area contributed by atoms with E-state index in [4.69, 9.17) is 17.0 Å². The molecule has 1 aliphatic rings. The number of carbonyl (C=O) groups is 2. The lowest BCUT2D eigenvalue weighted by atomic mass is 10.0. The number of thiocarbonyl (C=S) groups is 1. The standard InChI is InChI=1S/C14H14N2O3S/c1-7-4-8(2)11(19-3)9(5-7)6-10-12(17)15-14(20)16-13(10)18/h4-6H,1-3H3,(H2,15,16,17,18,20). The summed E-state index contributed by atoms with van der Waals surface area (Å²) in [6.45, 7) is 3.84. The molecule has 0 radical (unpaired) electrons. The lowest BCUT2D eigenvalue weighted by Gasteiger charge is -2.17. The van der Waals surface area contributed by atoms with Gasteiger partial charge in [-0.2, -0.15) is 0 Å². The van der Waals surface area contributed by atoms with Crippen molar-refractivity contribution in [3.8, 4) is 5.75 Å². The lowest BCUT2D eigenvalue weighted by molar-refractivity contribution is -0.123. The molecule has 104 valence electrons. The van der Waals surface area contributed by atoms with E-state index in [0.717, 1.165) is 11.1 Å². The highest BCUT2D eigenvalue weighted by Crippen LogP contribution is 2.27. The maximum atomic E-state index is 11.8. The molecule has 1 fully saturated rings. The molecule has 5 nitrogen and oxygen atoms in total. The Balaban J connectivity index is 2.52. The number of nitrogens with one attached hydrogen (secondary N) is 2. The molecule has 0 bridgehead atoms. The summed E-state index contributed by atoms with van der Waals surface area (Å²) in [6, 6.07) is 3.82. The van der Waals surface area contributed by atoms with Crippen molar-refractivity contribution in [2.24, 2.45) is 0 Å². The SMILES string of the molecule is COc1c(C)cc(C)cc1C=C1C(=O)NC(=S)NC1=O. The zero-order valence-corrected chi connectivity index (χ0v) is 12.2. The first-order valence-corrected chi connectivity index (χ1v) is 6.37. The summed E-state index contributed by atoms with van der Waals surface area (Å²) in [5.41, 5.74) is 2.63. The number of carbonyl (C=O) groups excluding carboxylic acids is 2. The third-order valence-corrected chi connectivity index (χ3v) is 3.10. The van der Waals surface area contributed by atoms with E-state index < -0.39 is 11.8 Å². The van der Waals surface area contributed by atoms with E-state index in [9.17, 15) is 9.59 Å². The highest BCUT2D eigenvalue weighted by atomic mass is 32.1. The lowest BCUT2D eigenvalue weighted by Crippen LogP contribution is -2.51. The van der Waals surface area contributed by atoms with E-state index >= 15 is 0 Å². The molecular formula is C14H14N2O3S. The Morgan fingerprint density at radius 2 is 1.75 bits per heavy atom. The Labute approximate surface area is 122 Å². The van der Waals surface area contributed by atoms with Crippen molar-refractivity contribution in [3.05, 3.63) is 34.4 Å². The number of ether oxygens (including phenoxy) is 1. The van der Waals surface area contributed by atoms with Crippen LogP contribution in [-0.4, -0.2) is 24.0 Å². The fraction of sp³-hybridized carbons (Fsp3) is 0.214. The molecule has 1 aromatic carbocycles. The van der Waals surface area contributed by atoms with Gasteiger partial charge in [0.05, 0.1) is 7.11 Å². The van der Waals surface area contributed by atoms with Gasteiger partial charge in [0, 0.05) is 5.56 Å². The highest BCUT2D eigenvalue weighted by Gasteiger charge is 2.26. The first kappa shape index (κ1) is 14.2. The predicted octanol–water partition coefficient (Wildman–Crippen LogP) is 1.23. The number of aryl methyl sites for hydroxylation is 2. The molecule has 2 amide bonds. The van der Waals surface area contributed by atoms with Crippen LogP contribution in [0.4, 0.5) is 0 Å². The summed E-state index contributed by atoms with van der Waals surface area (Å²) in [5.74, 6) is -0.392. The van der Waals surface area contributed by atoms with Gasteiger partial charge in [0.15, 0.2) is 5.11 Å². The molecule has 1 heterocycles. The molecule has 0 aromatic heterocycles. The van der Waals surface area contributed by atoms with Gasteiger partial charge in [-0.3, -0.25) is 20.2 Å². The minimum Gasteiger partial charge on any atom is -0.496 e. The van der Waals surface area contributed by atoms with Crippen molar-refractivity contribution in [1.82, 2.24) is 10.6 Å². The molecule has 0 atom stereocenters. The number of hydrogen-bond acceptors (Lipinski definition) is 4. The molecule has 0 aliphatic carbocycles. The Kier molecular flexibility index (Phi) is 3.85. The van der Waals surface area contributed by atoms with Gasteiger partial charge in [-0.05, 0) is 43.8 Å². The van der Waals surface area contributed by atoms with Gasteiger partial charge >= 0.3 is 0 Å². The Morgan fingerprint density at radius 3 is 2.30 bits per heavy atom. The van der Waals surface area contributed by atoms with Crippen molar-refractivity contribution < 1.29 is 14.3 Å². The average molecular weight is 290 g/mol. The van der Waals surface area contributed by atoms with Gasteiger partial charge < -0.3 is 4.74 Å². The predicted molar refractivity (Wildman–Crippen MR) is 79.3 cm³/mol. The molecular weight excluding hydrogens is 276 g/mol. The fourth-order valence-electron chi connectivity index (χ4n) is 2.14. The number of amides is 2. The highest BCUT2D eigenvalue weighted by molar-refractivity contribution is 7.80. The summed E-state index contributed by atoms with van der Waals surface area (Å²) in [5, 5.41) is 4.81. The zero-order valence-electron chi connectivity index (χ0n) is 11.4. The molecule has 0 unspecified atom stereocenters. The van der Waals surface area contributed by atoms with Crippen LogP contribution >= 0.6 is 12.2 Å². The minimum atomic E-state index is -0.514. The van der Waals surface area contributed by atoms with Gasteiger partial charge in [-0.15, -0.1) is 0 Å². The van der Waals surface area contributed by atoms with Crippen LogP contribution < -0.4 is 15.4 Å². The molecule has 1 saturated heterocycles. The molecule has 2 N–H and O–H groups in total. The van der Waals surface area contributed by atoms with Crippen LogP contribution in [0.1, 0.15) is 16.7 Å². The Hall–Kier alpha value is -2.21. The quantitative estimate of drug-likeness (QED) is 0.488. The van der Waals surface area contributed by atoms with Crippen molar-refractivity contribution in [3.63, 3.8) is 0 Å². The van der Waals surface area contributed by atoms with Gasteiger partial charge in [0.25, 0.3) is 11.8 Å². The van der Waals surface area contributed by atoms with Crippen LogP contribution in [-0.2, 0) is 9.59 Å². The van der Waals surface area contributed by atoms with Crippen molar-refractivity contribution in [2.75, 3.05) is 7.11 Å². The third kappa shape index (κ3) is 2.70. The van der Waals surface area contributed by atoms with Crippen molar-refractivity contribution in [1.29, 1.82) is 0 Å². The third-order valence-electron chi connectivity index (χ3n) is 2.90. The monoisotopic (exact) mass is 290 g/mol. The van der Waals surface area contributed by atoms with Crippen molar-refractivity contribution in [2.45, 2.75) is 13.8 Å². The second kappa shape index (κ2) is 5.42. The van der Waals surface area contributed by atoms with Gasteiger partial charge in [0.1, 0.15) is 11.3 Å². The van der Waals surface area contributed by atoms with E-state index in [-0.39, 0.29) is 10.7 Å². The first-order chi connectivity index (χ1) is 9.42. The van der Waals surface area contributed by atoms with Crippen LogP contribution in [0, 0.1) is 13.8 Å². The molecule has 6 heteroatoms. The second-order valence-corrected chi connectivity index (χ2v) is 4.91. The maximum absolute atomic E-state index is 11.8. The zero-order chi connectivity index (χ0) is 14.9. The molecule has 0 saturated carbocycles. The maximum Gasteiger partial charge on any atom is 0.263 e. The summed E-state index contributed by atoms with van der Waals surface area (Å²) in [4.78, 5) is 23.6. The van der Waals surface area contributed by atoms with Gasteiger partial charge in [0.2, 0.25) is 0 Å². The summed E-state index contributed by atoms with van der Waals surface area (Å²) in [7, 11) is 1.55. The second-order valence-electron chi connectivity index (χ2n) is 4.50. The smallest absolute Gasteiger partial charge is 0.263 e. The van der Waals surface area contributed by atoms with E-state index in [1.165, 1.54) is 6.08 Å². The molecule has 2 rings (SSSR count). The fourth-order valence-corrected chi connectivity index (χ4v) is 2.32. The number of rotatable bonds is 2. The average Bonchev–Trinajstić information content (AvgIpc) is 2.33. The van der Waals surface area contributed by atoms with Crippen molar-refractivity contribution >= 4 is 35.2 Å². The van der Waals surface area contributed by atoms with E-state index in [1.54, 1.807) is 7.11 Å². The Morgan fingerprint density at radius 1 is 1.15 bits per heavy atom. The van der Waals surface area contributed by atoms with E-state index in [2.05, 4.69) is 10.6 Å². The first-order valence-electron chi connectivity index (χ1n) is 5.96. The van der Waals surface area contributed by atoms with E-state index in [0.29, 0.717) is 11.3 Å². The van der Waals surface area contributed by atoms with E-state index in [1.807, 2.05) is 26.0 Å². The minimum absolute atomic E-state index is 0.00176. The van der Waals surface area contributed by atoms with Crippen LogP contribution in [0.15, 0.2) is 17.7 Å². The summed E-state index contributed by atoms with van der Waals surface area (Å²) in [6.07, 6.45) is 1.51. The number of methoxy groups -OCH3 is 1. The molecule has 1 aliphatic heterocycles. The van der Waals surface area contributed by atoms with Gasteiger partial charge in [-0.25, -0.2) is 0 Å². The summed E-state index contributed by atoms with van der Waals surface area (Å²) < 4.78 is 5.33.